The molecule has 1 saturated heterocycles. The van der Waals surface area contributed by atoms with Crippen molar-refractivity contribution in [3.63, 3.8) is 0 Å². The van der Waals surface area contributed by atoms with Crippen molar-refractivity contribution < 1.29 is 18.8 Å². The van der Waals surface area contributed by atoms with Gasteiger partial charge in [-0.1, -0.05) is 41.9 Å². The molecule has 3 aromatic rings. The maximum atomic E-state index is 13.5. The summed E-state index contributed by atoms with van der Waals surface area (Å²) >= 11 is 6.13. The molecule has 1 fully saturated rings. The first-order valence-corrected chi connectivity index (χ1v) is 11.0. The summed E-state index contributed by atoms with van der Waals surface area (Å²) in [5.74, 6) is -0.0813. The lowest BCUT2D eigenvalue weighted by Gasteiger charge is -2.27. The molecular weight excluding hydrogens is 416 g/mol. The monoisotopic (exact) mass is 439 g/mol. The molecular formula is C24H24ClN2O4+. The zero-order valence-electron chi connectivity index (χ0n) is 17.1. The highest BCUT2D eigenvalue weighted by Gasteiger charge is 2.42. The SMILES string of the molecule is O=C1c2oc3ccc(Cl)cc3c(=O)c2[C@H](c2ccccc2)N1CCC[NH+]1CCOCC1. The third-order valence-electron chi connectivity index (χ3n) is 6.17. The molecule has 2 aliphatic rings. The number of amides is 1. The zero-order valence-corrected chi connectivity index (χ0v) is 17.9. The number of benzene rings is 2. The number of carbonyl (C=O) groups excluding carboxylic acids is 1. The van der Waals surface area contributed by atoms with Gasteiger partial charge in [-0.05, 0) is 23.8 Å². The second kappa shape index (κ2) is 8.46. The normalized spacial score (nSPS) is 19.2. The summed E-state index contributed by atoms with van der Waals surface area (Å²) in [5.41, 5.74) is 1.50. The molecule has 3 heterocycles. The first kappa shape index (κ1) is 20.2. The van der Waals surface area contributed by atoms with Gasteiger partial charge in [-0.2, -0.15) is 0 Å². The van der Waals surface area contributed by atoms with Crippen LogP contribution in [0.25, 0.3) is 11.0 Å². The van der Waals surface area contributed by atoms with Crippen molar-refractivity contribution >= 4 is 28.5 Å². The molecule has 0 spiro atoms. The maximum absolute atomic E-state index is 13.5. The Morgan fingerprint density at radius 1 is 1.06 bits per heavy atom. The Morgan fingerprint density at radius 2 is 1.84 bits per heavy atom. The molecule has 2 aliphatic heterocycles. The Bertz CT molecular complexity index is 1170. The van der Waals surface area contributed by atoms with Gasteiger partial charge in [-0.3, -0.25) is 9.59 Å². The lowest BCUT2D eigenvalue weighted by Crippen LogP contribution is -3.14. The molecule has 1 N–H and O–H groups in total. The lowest BCUT2D eigenvalue weighted by atomic mass is 9.98. The van der Waals surface area contributed by atoms with E-state index in [1.807, 2.05) is 30.3 Å². The first-order valence-electron chi connectivity index (χ1n) is 10.7. The molecule has 7 heteroatoms. The number of rotatable bonds is 5. The van der Waals surface area contributed by atoms with Crippen molar-refractivity contribution in [2.75, 3.05) is 39.4 Å². The van der Waals surface area contributed by atoms with Crippen LogP contribution in [0.1, 0.15) is 34.1 Å². The zero-order chi connectivity index (χ0) is 21.4. The van der Waals surface area contributed by atoms with E-state index in [9.17, 15) is 9.59 Å². The van der Waals surface area contributed by atoms with Crippen LogP contribution in [0.2, 0.25) is 5.02 Å². The third kappa shape index (κ3) is 3.76. The number of quaternary nitrogens is 1. The number of nitrogens with zero attached hydrogens (tertiary/aromatic N) is 1. The fraction of sp³-hybridized carbons (Fsp3) is 0.333. The average molecular weight is 440 g/mol. The molecule has 0 saturated carbocycles. The van der Waals surface area contributed by atoms with Gasteiger partial charge >= 0.3 is 0 Å². The van der Waals surface area contributed by atoms with E-state index >= 15 is 0 Å². The highest BCUT2D eigenvalue weighted by molar-refractivity contribution is 6.31. The standard InChI is InChI=1S/C24H23ClN2O4/c25-17-7-8-19-18(15-17)22(28)20-21(16-5-2-1-3-6-16)27(24(29)23(20)31-19)10-4-9-26-11-13-30-14-12-26/h1-3,5-8,15,21H,4,9-14H2/p+1/t21-/m0/s1. The molecule has 0 radical (unpaired) electrons. The minimum Gasteiger partial charge on any atom is -0.450 e. The van der Waals surface area contributed by atoms with Gasteiger partial charge in [0.1, 0.15) is 18.7 Å². The van der Waals surface area contributed by atoms with Gasteiger partial charge in [-0.15, -0.1) is 0 Å². The van der Waals surface area contributed by atoms with Gasteiger partial charge in [0.05, 0.1) is 36.8 Å². The molecule has 2 aromatic carbocycles. The minimum atomic E-state index is -0.456. The molecule has 0 unspecified atom stereocenters. The van der Waals surface area contributed by atoms with Gasteiger partial charge in [0.15, 0.2) is 5.43 Å². The van der Waals surface area contributed by atoms with Crippen molar-refractivity contribution in [2.45, 2.75) is 12.5 Å². The van der Waals surface area contributed by atoms with E-state index in [0.29, 0.717) is 28.1 Å². The summed E-state index contributed by atoms with van der Waals surface area (Å²) < 4.78 is 11.4. The minimum absolute atomic E-state index is 0.146. The second-order valence-corrected chi connectivity index (χ2v) is 8.53. The summed E-state index contributed by atoms with van der Waals surface area (Å²) in [5, 5.41) is 0.866. The molecule has 160 valence electrons. The molecule has 6 nitrogen and oxygen atoms in total. The molecule has 1 atom stereocenters. The Morgan fingerprint density at radius 3 is 2.61 bits per heavy atom. The van der Waals surface area contributed by atoms with Gasteiger partial charge < -0.3 is 19.0 Å². The molecule has 5 rings (SSSR count). The van der Waals surface area contributed by atoms with Crippen molar-refractivity contribution in [3.05, 3.63) is 80.7 Å². The van der Waals surface area contributed by atoms with E-state index < -0.39 is 6.04 Å². The van der Waals surface area contributed by atoms with E-state index in [1.54, 1.807) is 23.1 Å². The highest BCUT2D eigenvalue weighted by Crippen LogP contribution is 2.38. The Kier molecular flexibility index (Phi) is 5.52. The Labute approximate surface area is 185 Å². The van der Waals surface area contributed by atoms with Crippen molar-refractivity contribution in [2.24, 2.45) is 0 Å². The lowest BCUT2D eigenvalue weighted by molar-refractivity contribution is -0.908. The number of halogens is 1. The number of morpholine rings is 1. The van der Waals surface area contributed by atoms with Crippen LogP contribution in [0.3, 0.4) is 0 Å². The quantitative estimate of drug-likeness (QED) is 0.662. The number of ether oxygens (including phenoxy) is 1. The van der Waals surface area contributed by atoms with Crippen LogP contribution >= 0.6 is 11.6 Å². The van der Waals surface area contributed by atoms with E-state index in [0.717, 1.165) is 44.8 Å². The Balaban J connectivity index is 1.52. The number of nitrogens with one attached hydrogen (secondary N) is 1. The van der Waals surface area contributed by atoms with E-state index in [4.69, 9.17) is 20.8 Å². The molecule has 1 aromatic heterocycles. The van der Waals surface area contributed by atoms with Crippen molar-refractivity contribution in [1.29, 1.82) is 0 Å². The fourth-order valence-corrected chi connectivity index (χ4v) is 4.79. The van der Waals surface area contributed by atoms with Gasteiger partial charge in [-0.25, -0.2) is 0 Å². The predicted octanol–water partition coefficient (Wildman–Crippen LogP) is 2.30. The molecule has 31 heavy (non-hydrogen) atoms. The van der Waals surface area contributed by atoms with Crippen molar-refractivity contribution in [1.82, 2.24) is 4.90 Å². The summed E-state index contributed by atoms with van der Waals surface area (Å²) in [6, 6.07) is 14.1. The summed E-state index contributed by atoms with van der Waals surface area (Å²) in [6.45, 7) is 5.06. The molecule has 0 bridgehead atoms. The number of hydrogen-bond donors (Lipinski definition) is 1. The third-order valence-corrected chi connectivity index (χ3v) is 6.41. The average Bonchev–Trinajstić information content (AvgIpc) is 3.08. The fourth-order valence-electron chi connectivity index (χ4n) is 4.61. The van der Waals surface area contributed by atoms with Crippen LogP contribution in [0, 0.1) is 0 Å². The van der Waals surface area contributed by atoms with Crippen LogP contribution in [0.15, 0.2) is 57.7 Å². The van der Waals surface area contributed by atoms with Gasteiger partial charge in [0.2, 0.25) is 5.76 Å². The topological polar surface area (TPSA) is 64.2 Å². The number of hydrogen-bond acceptors (Lipinski definition) is 4. The number of carbonyl (C=O) groups is 1. The molecule has 1 amide bonds. The number of fused-ring (bicyclic) bond motifs is 2. The molecule has 0 aliphatic carbocycles. The van der Waals surface area contributed by atoms with Crippen LogP contribution < -0.4 is 10.3 Å². The van der Waals surface area contributed by atoms with Crippen LogP contribution in [0.5, 0.6) is 0 Å². The van der Waals surface area contributed by atoms with Crippen LogP contribution in [-0.4, -0.2) is 50.2 Å². The maximum Gasteiger partial charge on any atom is 0.290 e. The predicted molar refractivity (Wildman–Crippen MR) is 118 cm³/mol. The van der Waals surface area contributed by atoms with Gasteiger partial charge in [0, 0.05) is 18.0 Å². The van der Waals surface area contributed by atoms with Crippen LogP contribution in [0.4, 0.5) is 0 Å². The Hall–Kier alpha value is -2.67. The first-order chi connectivity index (χ1) is 15.1. The summed E-state index contributed by atoms with van der Waals surface area (Å²) in [4.78, 5) is 30.1. The van der Waals surface area contributed by atoms with Crippen molar-refractivity contribution in [3.8, 4) is 0 Å². The van der Waals surface area contributed by atoms with Crippen LogP contribution in [-0.2, 0) is 4.74 Å². The highest BCUT2D eigenvalue weighted by atomic mass is 35.5. The summed E-state index contributed by atoms with van der Waals surface area (Å²) in [6.07, 6.45) is 0.845. The van der Waals surface area contributed by atoms with Gasteiger partial charge in [0.25, 0.3) is 5.91 Å². The summed E-state index contributed by atoms with van der Waals surface area (Å²) in [7, 11) is 0. The van der Waals surface area contributed by atoms with E-state index in [-0.39, 0.29) is 17.1 Å². The smallest absolute Gasteiger partial charge is 0.290 e. The largest absolute Gasteiger partial charge is 0.450 e. The van der Waals surface area contributed by atoms with E-state index in [2.05, 4.69) is 0 Å². The van der Waals surface area contributed by atoms with E-state index in [1.165, 1.54) is 4.90 Å². The second-order valence-electron chi connectivity index (χ2n) is 8.09.